The lowest BCUT2D eigenvalue weighted by molar-refractivity contribution is 0.192. The molecule has 18 heavy (non-hydrogen) atoms. The van der Waals surface area contributed by atoms with E-state index in [1.54, 1.807) is 0 Å². The highest BCUT2D eigenvalue weighted by molar-refractivity contribution is 5.59. The summed E-state index contributed by atoms with van der Waals surface area (Å²) in [6.45, 7) is 13.8. The van der Waals surface area contributed by atoms with E-state index in [4.69, 9.17) is 0 Å². The van der Waals surface area contributed by atoms with Crippen LogP contribution in [0.3, 0.4) is 0 Å². The summed E-state index contributed by atoms with van der Waals surface area (Å²) in [5, 5.41) is 0. The summed E-state index contributed by atoms with van der Waals surface area (Å²) in [4.78, 5) is 5.17. The number of nitrogens with zero attached hydrogens (tertiary/aromatic N) is 2. The summed E-state index contributed by atoms with van der Waals surface area (Å²) in [5.74, 6) is 0. The maximum Gasteiger partial charge on any atom is 0.0426 e. The van der Waals surface area contributed by atoms with Gasteiger partial charge in [-0.2, -0.15) is 0 Å². The Bertz CT molecular complexity index is 372. The minimum atomic E-state index is 0.727. The Labute approximate surface area is 112 Å². The number of benzene rings is 1. The van der Waals surface area contributed by atoms with Gasteiger partial charge in [-0.05, 0) is 38.3 Å². The van der Waals surface area contributed by atoms with Gasteiger partial charge in [-0.25, -0.2) is 0 Å². The summed E-state index contributed by atoms with van der Waals surface area (Å²) in [6, 6.07) is 7.33. The molecule has 2 nitrogen and oxygen atoms in total. The van der Waals surface area contributed by atoms with Crippen molar-refractivity contribution in [1.82, 2.24) is 4.90 Å². The molecule has 1 atom stereocenters. The average molecular weight is 246 g/mol. The van der Waals surface area contributed by atoms with E-state index in [0.717, 1.165) is 19.1 Å². The zero-order valence-electron chi connectivity index (χ0n) is 12.2. The molecular weight excluding hydrogens is 220 g/mol. The number of anilines is 1. The fourth-order valence-corrected chi connectivity index (χ4v) is 2.95. The highest BCUT2D eigenvalue weighted by Gasteiger charge is 2.21. The average Bonchev–Trinajstić information content (AvgIpc) is 2.38. The van der Waals surface area contributed by atoms with Gasteiger partial charge in [0.25, 0.3) is 0 Å². The maximum absolute atomic E-state index is 2.62. The summed E-state index contributed by atoms with van der Waals surface area (Å²) in [5.41, 5.74) is 4.28. The lowest BCUT2D eigenvalue weighted by atomic mass is 10.1. The van der Waals surface area contributed by atoms with Crippen molar-refractivity contribution in [3.63, 3.8) is 0 Å². The third kappa shape index (κ3) is 2.69. The molecule has 2 heteroatoms. The summed E-state index contributed by atoms with van der Waals surface area (Å²) in [6.07, 6.45) is 1.25. The van der Waals surface area contributed by atoms with E-state index < -0.39 is 0 Å². The van der Waals surface area contributed by atoms with Crippen molar-refractivity contribution in [1.29, 1.82) is 0 Å². The topological polar surface area (TPSA) is 6.48 Å². The van der Waals surface area contributed by atoms with Crippen molar-refractivity contribution < 1.29 is 0 Å². The largest absolute Gasteiger partial charge is 0.369 e. The Hall–Kier alpha value is -1.02. The molecular formula is C16H26N2. The Balaban J connectivity index is 2.06. The van der Waals surface area contributed by atoms with Crippen LogP contribution in [0.15, 0.2) is 18.2 Å². The van der Waals surface area contributed by atoms with Crippen molar-refractivity contribution >= 4 is 5.69 Å². The Kier molecular flexibility index (Phi) is 4.28. The number of hydrogen-bond donors (Lipinski definition) is 0. The van der Waals surface area contributed by atoms with E-state index in [-0.39, 0.29) is 0 Å². The predicted molar refractivity (Wildman–Crippen MR) is 79.5 cm³/mol. The molecule has 1 heterocycles. The Morgan fingerprint density at radius 3 is 2.11 bits per heavy atom. The van der Waals surface area contributed by atoms with Crippen LogP contribution in [0.2, 0.25) is 0 Å². The van der Waals surface area contributed by atoms with Crippen LogP contribution in [-0.2, 0) is 0 Å². The normalized spacial score (nSPS) is 19.0. The Morgan fingerprint density at radius 2 is 1.61 bits per heavy atom. The molecule has 1 fully saturated rings. The molecule has 100 valence electrons. The summed E-state index contributed by atoms with van der Waals surface area (Å²) >= 11 is 0. The van der Waals surface area contributed by atoms with E-state index in [1.165, 1.54) is 36.3 Å². The van der Waals surface area contributed by atoms with Crippen molar-refractivity contribution in [3.8, 4) is 0 Å². The van der Waals surface area contributed by atoms with Gasteiger partial charge in [-0.3, -0.25) is 4.90 Å². The monoisotopic (exact) mass is 246 g/mol. The second-order valence-electron chi connectivity index (χ2n) is 5.52. The van der Waals surface area contributed by atoms with Crippen LogP contribution in [0.25, 0.3) is 0 Å². The summed E-state index contributed by atoms with van der Waals surface area (Å²) in [7, 11) is 0. The highest BCUT2D eigenvalue weighted by Crippen LogP contribution is 2.25. The van der Waals surface area contributed by atoms with Crippen LogP contribution < -0.4 is 4.90 Å². The zero-order valence-corrected chi connectivity index (χ0v) is 12.2. The van der Waals surface area contributed by atoms with Gasteiger partial charge < -0.3 is 4.90 Å². The lowest BCUT2D eigenvalue weighted by Crippen LogP contribution is -2.49. The van der Waals surface area contributed by atoms with Crippen LogP contribution in [0.4, 0.5) is 5.69 Å². The number of para-hydroxylation sites is 1. The second kappa shape index (κ2) is 5.75. The molecule has 2 rings (SSSR count). The van der Waals surface area contributed by atoms with Crippen LogP contribution in [-0.4, -0.2) is 37.1 Å². The van der Waals surface area contributed by atoms with Gasteiger partial charge in [0.1, 0.15) is 0 Å². The molecule has 0 N–H and O–H groups in total. The molecule has 0 amide bonds. The molecule has 0 aliphatic carbocycles. The van der Waals surface area contributed by atoms with Crippen molar-refractivity contribution in [2.24, 2.45) is 0 Å². The molecule has 1 aliphatic rings. The molecule has 0 bridgehead atoms. The van der Waals surface area contributed by atoms with Gasteiger partial charge in [-0.1, -0.05) is 25.1 Å². The quantitative estimate of drug-likeness (QED) is 0.808. The number of aryl methyl sites for hydroxylation is 2. The zero-order chi connectivity index (χ0) is 13.1. The minimum Gasteiger partial charge on any atom is -0.369 e. The van der Waals surface area contributed by atoms with E-state index in [9.17, 15) is 0 Å². The third-order valence-electron chi connectivity index (χ3n) is 4.28. The van der Waals surface area contributed by atoms with E-state index in [2.05, 4.69) is 55.7 Å². The smallest absolute Gasteiger partial charge is 0.0426 e. The van der Waals surface area contributed by atoms with Gasteiger partial charge in [0.2, 0.25) is 0 Å². The van der Waals surface area contributed by atoms with Crippen LogP contribution >= 0.6 is 0 Å². The summed E-state index contributed by atoms with van der Waals surface area (Å²) < 4.78 is 0. The molecule has 1 saturated heterocycles. The van der Waals surface area contributed by atoms with Crippen LogP contribution in [0.5, 0.6) is 0 Å². The first kappa shape index (κ1) is 13.4. The number of rotatable bonds is 3. The van der Waals surface area contributed by atoms with Crippen molar-refractivity contribution in [3.05, 3.63) is 29.3 Å². The first-order chi connectivity index (χ1) is 8.63. The number of hydrogen-bond acceptors (Lipinski definition) is 2. The first-order valence-corrected chi connectivity index (χ1v) is 7.18. The SMILES string of the molecule is CCC(C)N1CCN(c2c(C)cccc2C)CC1. The molecule has 0 radical (unpaired) electrons. The van der Waals surface area contributed by atoms with Gasteiger partial charge in [0, 0.05) is 37.9 Å². The third-order valence-corrected chi connectivity index (χ3v) is 4.28. The lowest BCUT2D eigenvalue weighted by Gasteiger charge is -2.40. The fraction of sp³-hybridized carbons (Fsp3) is 0.625. The van der Waals surface area contributed by atoms with Gasteiger partial charge in [-0.15, -0.1) is 0 Å². The van der Waals surface area contributed by atoms with Crippen molar-refractivity contribution in [2.75, 3.05) is 31.1 Å². The van der Waals surface area contributed by atoms with Gasteiger partial charge in [0.15, 0.2) is 0 Å². The predicted octanol–water partition coefficient (Wildman–Crippen LogP) is 3.22. The fourth-order valence-electron chi connectivity index (χ4n) is 2.95. The molecule has 1 unspecified atom stereocenters. The highest BCUT2D eigenvalue weighted by atomic mass is 15.3. The minimum absolute atomic E-state index is 0.727. The molecule has 0 saturated carbocycles. The molecule has 1 aromatic rings. The molecule has 0 aromatic heterocycles. The van der Waals surface area contributed by atoms with Crippen LogP contribution in [0.1, 0.15) is 31.4 Å². The molecule has 1 aromatic carbocycles. The number of piperazine rings is 1. The van der Waals surface area contributed by atoms with Crippen molar-refractivity contribution in [2.45, 2.75) is 40.2 Å². The van der Waals surface area contributed by atoms with Gasteiger partial charge in [0.05, 0.1) is 0 Å². The van der Waals surface area contributed by atoms with E-state index in [0.29, 0.717) is 0 Å². The second-order valence-corrected chi connectivity index (χ2v) is 5.52. The molecule has 0 spiro atoms. The van der Waals surface area contributed by atoms with E-state index in [1.807, 2.05) is 0 Å². The van der Waals surface area contributed by atoms with Crippen LogP contribution in [0, 0.1) is 13.8 Å². The maximum atomic E-state index is 2.62. The standard InChI is InChI=1S/C16H26N2/c1-5-15(4)17-9-11-18(12-10-17)16-13(2)7-6-8-14(16)3/h6-8,15H,5,9-12H2,1-4H3. The first-order valence-electron chi connectivity index (χ1n) is 7.18. The Morgan fingerprint density at radius 1 is 1.06 bits per heavy atom. The van der Waals surface area contributed by atoms with E-state index >= 15 is 0 Å². The molecule has 1 aliphatic heterocycles. The van der Waals surface area contributed by atoms with Gasteiger partial charge >= 0.3 is 0 Å².